The first-order chi connectivity index (χ1) is 9.22. The predicted molar refractivity (Wildman–Crippen MR) is 72.8 cm³/mol. The van der Waals surface area contributed by atoms with Gasteiger partial charge in [-0.05, 0) is 13.0 Å². The van der Waals surface area contributed by atoms with Gasteiger partial charge in [0.25, 0.3) is 5.91 Å². The van der Waals surface area contributed by atoms with Crippen LogP contribution in [0, 0.1) is 0 Å². The van der Waals surface area contributed by atoms with Crippen molar-refractivity contribution in [2.75, 3.05) is 24.3 Å². The van der Waals surface area contributed by atoms with E-state index < -0.39 is 0 Å². The van der Waals surface area contributed by atoms with Crippen LogP contribution < -0.4 is 15.4 Å². The minimum absolute atomic E-state index is 0.298. The van der Waals surface area contributed by atoms with Crippen LogP contribution in [0.1, 0.15) is 16.7 Å². The second kappa shape index (κ2) is 6.10. The Morgan fingerprint density at radius 1 is 1.42 bits per heavy atom. The molecule has 19 heavy (non-hydrogen) atoms. The van der Waals surface area contributed by atoms with E-state index in [0.717, 1.165) is 6.54 Å². The Morgan fingerprint density at radius 2 is 2.26 bits per heavy atom. The highest BCUT2D eigenvalue weighted by Crippen LogP contribution is 2.17. The topological polar surface area (TPSA) is 89.0 Å². The van der Waals surface area contributed by atoms with Crippen molar-refractivity contribution in [1.82, 2.24) is 15.2 Å². The number of carbonyl (C=O) groups excluding carboxylic acids is 1. The molecule has 2 rings (SSSR count). The molecule has 0 aromatic carbocycles. The van der Waals surface area contributed by atoms with Gasteiger partial charge in [-0.1, -0.05) is 11.3 Å². The van der Waals surface area contributed by atoms with E-state index in [0.29, 0.717) is 21.7 Å². The SMILES string of the molecule is CCNc1nnc(C(=O)Nc2ccc(OC)nc2)s1. The van der Waals surface area contributed by atoms with E-state index in [1.807, 2.05) is 6.92 Å². The van der Waals surface area contributed by atoms with Gasteiger partial charge >= 0.3 is 0 Å². The minimum Gasteiger partial charge on any atom is -0.481 e. The molecule has 0 aliphatic rings. The lowest BCUT2D eigenvalue weighted by Crippen LogP contribution is -2.11. The Morgan fingerprint density at radius 3 is 2.89 bits per heavy atom. The van der Waals surface area contributed by atoms with Gasteiger partial charge in [-0.2, -0.15) is 0 Å². The lowest BCUT2D eigenvalue weighted by atomic mass is 10.4. The number of methoxy groups -OCH3 is 1. The number of ether oxygens (including phenoxy) is 1. The second-order valence-electron chi connectivity index (χ2n) is 3.49. The summed E-state index contributed by atoms with van der Waals surface area (Å²) >= 11 is 1.20. The lowest BCUT2D eigenvalue weighted by Gasteiger charge is -2.03. The largest absolute Gasteiger partial charge is 0.481 e. The number of hydrogen-bond donors (Lipinski definition) is 2. The Labute approximate surface area is 114 Å². The molecule has 1 amide bonds. The summed E-state index contributed by atoms with van der Waals surface area (Å²) in [5, 5.41) is 14.3. The zero-order valence-electron chi connectivity index (χ0n) is 10.5. The molecule has 2 heterocycles. The molecular weight excluding hydrogens is 266 g/mol. The van der Waals surface area contributed by atoms with Crippen molar-refractivity contribution in [3.8, 4) is 5.88 Å². The average Bonchev–Trinajstić information content (AvgIpc) is 2.89. The summed E-state index contributed by atoms with van der Waals surface area (Å²) in [6.07, 6.45) is 1.52. The van der Waals surface area contributed by atoms with Gasteiger partial charge in [0, 0.05) is 12.6 Å². The molecule has 0 atom stereocenters. The fourth-order valence-electron chi connectivity index (χ4n) is 1.30. The lowest BCUT2D eigenvalue weighted by molar-refractivity contribution is 0.102. The number of aromatic nitrogens is 3. The minimum atomic E-state index is -0.311. The molecule has 2 N–H and O–H groups in total. The third-order valence-corrected chi connectivity index (χ3v) is 3.03. The molecule has 100 valence electrons. The van der Waals surface area contributed by atoms with Crippen molar-refractivity contribution in [3.63, 3.8) is 0 Å². The van der Waals surface area contributed by atoms with Crippen molar-refractivity contribution in [1.29, 1.82) is 0 Å². The van der Waals surface area contributed by atoms with E-state index in [-0.39, 0.29) is 5.91 Å². The van der Waals surface area contributed by atoms with Gasteiger partial charge in [0.1, 0.15) is 0 Å². The quantitative estimate of drug-likeness (QED) is 0.864. The van der Waals surface area contributed by atoms with Gasteiger partial charge in [0.2, 0.25) is 16.0 Å². The first-order valence-corrected chi connectivity index (χ1v) is 6.43. The smallest absolute Gasteiger partial charge is 0.286 e. The highest BCUT2D eigenvalue weighted by Gasteiger charge is 2.12. The van der Waals surface area contributed by atoms with Crippen molar-refractivity contribution >= 4 is 28.1 Å². The molecule has 0 spiro atoms. The van der Waals surface area contributed by atoms with Crippen LogP contribution in [-0.2, 0) is 0 Å². The van der Waals surface area contributed by atoms with Gasteiger partial charge < -0.3 is 15.4 Å². The molecule has 0 fully saturated rings. The molecule has 0 saturated carbocycles. The van der Waals surface area contributed by atoms with E-state index in [9.17, 15) is 4.79 Å². The number of rotatable bonds is 5. The van der Waals surface area contributed by atoms with Crippen molar-refractivity contribution in [3.05, 3.63) is 23.3 Å². The number of hydrogen-bond acceptors (Lipinski definition) is 7. The van der Waals surface area contributed by atoms with Crippen LogP contribution in [0.5, 0.6) is 5.88 Å². The van der Waals surface area contributed by atoms with Crippen molar-refractivity contribution < 1.29 is 9.53 Å². The van der Waals surface area contributed by atoms with E-state index >= 15 is 0 Å². The molecule has 7 nitrogen and oxygen atoms in total. The maximum Gasteiger partial charge on any atom is 0.286 e. The molecule has 0 aliphatic carbocycles. The third kappa shape index (κ3) is 3.38. The summed E-state index contributed by atoms with van der Waals surface area (Å²) in [6, 6.07) is 3.37. The van der Waals surface area contributed by atoms with Gasteiger partial charge in [-0.25, -0.2) is 4.98 Å². The molecule has 0 saturated heterocycles. The summed E-state index contributed by atoms with van der Waals surface area (Å²) in [7, 11) is 1.53. The van der Waals surface area contributed by atoms with Crippen LogP contribution in [0.25, 0.3) is 0 Å². The Hall–Kier alpha value is -2.22. The number of carbonyl (C=O) groups is 1. The Balaban J connectivity index is 2.02. The van der Waals surface area contributed by atoms with Gasteiger partial charge in [-0.15, -0.1) is 10.2 Å². The number of nitrogens with one attached hydrogen (secondary N) is 2. The molecule has 0 unspecified atom stereocenters. The zero-order chi connectivity index (χ0) is 13.7. The summed E-state index contributed by atoms with van der Waals surface area (Å²) in [5.41, 5.74) is 0.575. The van der Waals surface area contributed by atoms with Crippen LogP contribution in [0.4, 0.5) is 10.8 Å². The Bertz CT molecular complexity index is 554. The number of amides is 1. The third-order valence-electron chi connectivity index (χ3n) is 2.15. The highest BCUT2D eigenvalue weighted by atomic mass is 32.1. The van der Waals surface area contributed by atoms with Crippen LogP contribution in [-0.4, -0.2) is 34.7 Å². The summed E-state index contributed by atoms with van der Waals surface area (Å²) in [6.45, 7) is 2.68. The number of nitrogens with zero attached hydrogens (tertiary/aromatic N) is 3. The molecule has 2 aromatic rings. The van der Waals surface area contributed by atoms with Crippen LogP contribution >= 0.6 is 11.3 Å². The molecule has 8 heteroatoms. The average molecular weight is 279 g/mol. The van der Waals surface area contributed by atoms with Gasteiger partial charge in [0.15, 0.2) is 0 Å². The maximum absolute atomic E-state index is 11.9. The molecule has 2 aromatic heterocycles. The van der Waals surface area contributed by atoms with Crippen molar-refractivity contribution in [2.45, 2.75) is 6.92 Å². The fourth-order valence-corrected chi connectivity index (χ4v) is 2.00. The van der Waals surface area contributed by atoms with Crippen LogP contribution in [0.3, 0.4) is 0 Å². The van der Waals surface area contributed by atoms with Crippen LogP contribution in [0.2, 0.25) is 0 Å². The summed E-state index contributed by atoms with van der Waals surface area (Å²) in [4.78, 5) is 15.9. The molecular formula is C11H13N5O2S. The standard InChI is InChI=1S/C11H13N5O2S/c1-3-12-11-16-15-10(19-11)9(17)14-7-4-5-8(18-2)13-6-7/h4-6H,3H2,1-2H3,(H,12,16)(H,14,17). The number of pyridine rings is 1. The van der Waals surface area contributed by atoms with E-state index in [1.54, 1.807) is 12.1 Å². The zero-order valence-corrected chi connectivity index (χ0v) is 11.3. The molecule has 0 radical (unpaired) electrons. The first-order valence-electron chi connectivity index (χ1n) is 5.61. The summed E-state index contributed by atoms with van der Waals surface area (Å²) in [5.74, 6) is 0.178. The van der Waals surface area contributed by atoms with E-state index in [4.69, 9.17) is 4.74 Å². The molecule has 0 bridgehead atoms. The maximum atomic E-state index is 11.9. The normalized spacial score (nSPS) is 10.0. The van der Waals surface area contributed by atoms with E-state index in [2.05, 4.69) is 25.8 Å². The Kier molecular flexibility index (Phi) is 4.24. The van der Waals surface area contributed by atoms with Gasteiger partial charge in [-0.3, -0.25) is 4.79 Å². The number of anilines is 2. The first kappa shape index (κ1) is 13.2. The van der Waals surface area contributed by atoms with E-state index in [1.165, 1.54) is 24.6 Å². The fraction of sp³-hybridized carbons (Fsp3) is 0.273. The predicted octanol–water partition coefficient (Wildman–Crippen LogP) is 1.63. The summed E-state index contributed by atoms with van der Waals surface area (Å²) < 4.78 is 4.94. The van der Waals surface area contributed by atoms with Crippen LogP contribution in [0.15, 0.2) is 18.3 Å². The van der Waals surface area contributed by atoms with Gasteiger partial charge in [0.05, 0.1) is 19.0 Å². The monoisotopic (exact) mass is 279 g/mol. The van der Waals surface area contributed by atoms with Crippen molar-refractivity contribution in [2.24, 2.45) is 0 Å². The second-order valence-corrected chi connectivity index (χ2v) is 4.46. The highest BCUT2D eigenvalue weighted by molar-refractivity contribution is 7.17. The molecule has 0 aliphatic heterocycles.